The third-order valence-electron chi connectivity index (χ3n) is 11.6. The molecule has 0 bridgehead atoms. The minimum Gasteiger partial charge on any atom is -0.0616 e. The topological polar surface area (TPSA) is 0 Å². The molecule has 0 saturated heterocycles. The fourth-order valence-corrected chi connectivity index (χ4v) is 8.71. The summed E-state index contributed by atoms with van der Waals surface area (Å²) in [6, 6.07) is -13.7. The highest BCUT2D eigenvalue weighted by molar-refractivity contribution is 6.25. The Morgan fingerprint density at radius 1 is 0.246 bits per heavy atom. The van der Waals surface area contributed by atoms with Crippen LogP contribution in [-0.2, 0) is 0 Å². The third kappa shape index (κ3) is 6.92. The predicted molar refractivity (Wildman–Crippen MR) is 299 cm³/mol. The Kier molecular flexibility index (Phi) is 4.38. The number of hydrogen-bond acceptors (Lipinski definition) is 0. The van der Waals surface area contributed by atoms with Gasteiger partial charge in [-0.3, -0.25) is 0 Å². The van der Waals surface area contributed by atoms with E-state index in [9.17, 15) is 9.60 Å². The van der Waals surface area contributed by atoms with Gasteiger partial charge in [0, 0.05) is 0 Å². The summed E-state index contributed by atoms with van der Waals surface area (Å²) in [6.07, 6.45) is 0. The molecule has 0 aromatic heterocycles. The van der Waals surface area contributed by atoms with Crippen molar-refractivity contribution in [1.82, 2.24) is 0 Å². The molecule has 14 rings (SSSR count). The van der Waals surface area contributed by atoms with E-state index >= 15 is 0 Å². The Morgan fingerprint density at radius 3 is 1.26 bits per heavy atom. The highest BCUT2D eigenvalue weighted by Gasteiger charge is 2.20. The first-order valence-corrected chi connectivity index (χ1v) is 21.1. The summed E-state index contributed by atoms with van der Waals surface area (Å²) in [5.74, 6) is 0. The van der Waals surface area contributed by atoms with E-state index in [1.54, 1.807) is 24.3 Å². The van der Waals surface area contributed by atoms with Crippen LogP contribution in [0.3, 0.4) is 0 Å². The van der Waals surface area contributed by atoms with Crippen molar-refractivity contribution in [3.63, 3.8) is 0 Å². The molecule has 0 heterocycles. The average molecular weight is 911 g/mol. The predicted octanol–water partition coefficient (Wildman–Crippen LogP) is 19.6. The fourth-order valence-electron chi connectivity index (χ4n) is 8.71. The van der Waals surface area contributed by atoms with Gasteiger partial charge in [0.05, 0.1) is 49.3 Å². The molecule has 0 atom stereocenters. The second kappa shape index (κ2) is 16.8. The Hall–Kier alpha value is -8.84. The van der Waals surface area contributed by atoms with E-state index in [4.69, 9.17) is 39.8 Å². The second-order valence-electron chi connectivity index (χ2n) is 15.5. The van der Waals surface area contributed by atoms with E-state index in [1.165, 1.54) is 6.92 Å². The van der Waals surface area contributed by atoms with Crippen LogP contribution in [0, 0.1) is 6.92 Å². The third-order valence-corrected chi connectivity index (χ3v) is 11.6. The first kappa shape index (κ1) is 18.0. The van der Waals surface area contributed by atoms with E-state index in [0.717, 1.165) is 5.39 Å². The zero-order chi connectivity index (χ0) is 77.2. The first-order valence-electron chi connectivity index (χ1n) is 39.1. The molecule has 0 aliphatic rings. The van der Waals surface area contributed by atoms with Crippen LogP contribution in [0.25, 0.3) is 131 Å². The van der Waals surface area contributed by atoms with Crippen LogP contribution < -0.4 is 0 Å². The average Bonchev–Trinajstić information content (AvgIpc) is 0.697. The zero-order valence-corrected chi connectivity index (χ0v) is 35.5. The largest absolute Gasteiger partial charge is 0.0636 e. The molecule has 0 heteroatoms. The molecule has 0 aliphatic heterocycles. The normalized spacial score (nSPS) is 18.9. The maximum atomic E-state index is 9.39. The molecule has 0 spiro atoms. The van der Waals surface area contributed by atoms with Gasteiger partial charge in [-0.2, -0.15) is 0 Å². The lowest BCUT2D eigenvalue weighted by atomic mass is 9.84. The summed E-state index contributed by atoms with van der Waals surface area (Å²) < 4.78 is 317. The summed E-state index contributed by atoms with van der Waals surface area (Å²) >= 11 is 0. The van der Waals surface area contributed by atoms with E-state index in [2.05, 4.69) is 0 Å². The van der Waals surface area contributed by atoms with Crippen LogP contribution in [0.4, 0.5) is 0 Å². The van der Waals surface area contributed by atoms with E-state index in [1.807, 2.05) is 18.2 Å². The van der Waals surface area contributed by atoms with Crippen molar-refractivity contribution in [2.24, 2.45) is 0 Å². The summed E-state index contributed by atoms with van der Waals surface area (Å²) in [4.78, 5) is 0. The molecule has 0 radical (unpaired) electrons. The molecule has 0 N–H and O–H groups in total. The molecule has 0 nitrogen and oxygen atoms in total. The smallest absolute Gasteiger partial charge is 0.0616 e. The molecule has 0 fully saturated rings. The van der Waals surface area contributed by atoms with Gasteiger partial charge in [-0.05, 0) is 150 Å². The molecule has 14 aromatic rings. The van der Waals surface area contributed by atoms with E-state index in [-0.39, 0.29) is 38.2 Å². The van der Waals surface area contributed by atoms with Crippen molar-refractivity contribution in [3.05, 3.63) is 266 Å². The van der Waals surface area contributed by atoms with Crippen LogP contribution in [0.2, 0.25) is 0 Å². The fraction of sp³-hybridized carbons (Fsp3) is 0.0145. The summed E-state index contributed by atoms with van der Waals surface area (Å²) in [5.41, 5.74) is -2.74. The maximum Gasteiger partial charge on any atom is 0.0636 e. The number of fused-ring (bicyclic) bond motifs is 8. The molecule has 0 unspecified atom stereocenters. The molecule has 0 saturated carbocycles. The number of rotatable bonds is 4. The van der Waals surface area contributed by atoms with Gasteiger partial charge in [0.25, 0.3) is 0 Å². The number of hydrogen-bond donors (Lipinski definition) is 0. The Balaban J connectivity index is 0.000000188. The maximum absolute atomic E-state index is 9.39. The highest BCUT2D eigenvalue weighted by atomic mass is 14.2. The van der Waals surface area contributed by atoms with Gasteiger partial charge in [0.15, 0.2) is 0 Å². The summed E-state index contributed by atoms with van der Waals surface area (Å²) in [7, 11) is 0. The monoisotopic (exact) mass is 911 g/mol. The van der Waals surface area contributed by atoms with Gasteiger partial charge < -0.3 is 0 Å². The van der Waals surface area contributed by atoms with Gasteiger partial charge >= 0.3 is 0 Å². The van der Waals surface area contributed by atoms with Crippen molar-refractivity contribution in [3.8, 4) is 44.5 Å². The van der Waals surface area contributed by atoms with E-state index < -0.39 is 299 Å². The van der Waals surface area contributed by atoms with Crippen LogP contribution in [-0.4, -0.2) is 0 Å². The molecular formula is C69H46. The molecule has 14 aromatic carbocycles. The minimum atomic E-state index is -0.877. The van der Waals surface area contributed by atoms with Gasteiger partial charge in [0.1, 0.15) is 0 Å². The van der Waals surface area contributed by atoms with Crippen molar-refractivity contribution >= 4 is 86.2 Å². The van der Waals surface area contributed by atoms with Gasteiger partial charge in [-0.1, -0.05) is 253 Å². The summed E-state index contributed by atoms with van der Waals surface area (Å²) in [5, 5.41) is -4.42. The summed E-state index contributed by atoms with van der Waals surface area (Å²) in [6.45, 7) is 1.30. The van der Waals surface area contributed by atoms with Gasteiger partial charge in [-0.25, -0.2) is 0 Å². The molecule has 69 heavy (non-hydrogen) atoms. The standard InChI is InChI=1S/C35H24.C34H22/c1-23-17-20-32-33(21-23)35(29-16-8-12-25-10-4-5-13-28(25)29)31-15-7-6-14-30(31)34(32)27-19-18-24-9-2-3-11-26(24)22-27;1-2-12-25-22-26(21-20-23(25)10-1)33-29-15-5-7-17-31(29)34(32-18-8-6-16-30(32)33)28-19-9-13-24-11-3-4-14-27(24)28/h2-22H,1H3;1-22H/i2D,3D,4D,5D,6D,7D,8D,9D,10D,11D,12D,13D,14D,15D,16D,17D,18D,19D,20D,21D,22D;1D,2D,5D,6D,7D,8D,10D,12D,15D,16D,17D,18D,20D,21D,22D. The Labute approximate surface area is 452 Å². The lowest BCUT2D eigenvalue weighted by molar-refractivity contribution is 1.51. The Bertz CT molecular complexity index is 6300. The first-order chi connectivity index (χ1) is 49.2. The van der Waals surface area contributed by atoms with Crippen LogP contribution in [0.15, 0.2) is 260 Å². The molecule has 0 amide bonds. The lowest BCUT2D eigenvalue weighted by Crippen LogP contribution is -1.92. The number of benzene rings is 14. The SMILES string of the molecule is [2H]c1c([2H])c([2H])c2c([2H])c(-c3c4c([2H])c([2H])c([2H])c([2H])c4c(-c4c([2H])c([2H])c([2H])c5c([2H])c([2H])c([2H])c([2H])c45)c4c([2H])c(C)c([2H])c([2H])c34)c([2H])c([2H])c2c1[2H].[2H]c1c([2H])c([2H])c2c([2H])c(-c3c4c([2H])c([2H])c([2H])c([2H])c4c(-c4cccc5ccccc45)c4c([2H])c([2H])c([2H])c([2H])c34)c([2H])c([2H])c2c1[2H]. The van der Waals surface area contributed by atoms with Crippen LogP contribution in [0.5, 0.6) is 0 Å². The van der Waals surface area contributed by atoms with Crippen molar-refractivity contribution in [2.45, 2.75) is 6.92 Å². The molecule has 0 aliphatic carbocycles. The second-order valence-corrected chi connectivity index (χ2v) is 15.5. The van der Waals surface area contributed by atoms with Crippen molar-refractivity contribution in [1.29, 1.82) is 0 Å². The van der Waals surface area contributed by atoms with Crippen molar-refractivity contribution in [2.75, 3.05) is 0 Å². The van der Waals surface area contributed by atoms with Crippen LogP contribution in [0.1, 0.15) is 54.9 Å². The molecular weight excluding hydrogens is 829 g/mol. The van der Waals surface area contributed by atoms with E-state index in [0.29, 0.717) is 10.9 Å². The Morgan fingerprint density at radius 2 is 0.681 bits per heavy atom. The molecule has 322 valence electrons. The van der Waals surface area contributed by atoms with Gasteiger partial charge in [0.2, 0.25) is 0 Å². The lowest BCUT2D eigenvalue weighted by Gasteiger charge is -2.19. The zero-order valence-electron chi connectivity index (χ0n) is 71.5. The quantitative estimate of drug-likeness (QED) is 0.154. The van der Waals surface area contributed by atoms with Gasteiger partial charge in [-0.15, -0.1) is 0 Å². The van der Waals surface area contributed by atoms with Crippen molar-refractivity contribution < 1.29 is 49.3 Å². The van der Waals surface area contributed by atoms with Crippen LogP contribution >= 0.6 is 0 Å². The highest BCUT2D eigenvalue weighted by Crippen LogP contribution is 2.47. The minimum absolute atomic E-state index is 0.0800.